The Morgan fingerprint density at radius 1 is 0.893 bits per heavy atom. The van der Waals surface area contributed by atoms with Crippen LogP contribution in [0.15, 0.2) is 77.6 Å². The minimum Gasteiger partial charge on any atom is -0.321 e. The Morgan fingerprint density at radius 3 is 2.43 bits per heavy atom. The Labute approximate surface area is 160 Å². The Kier molecular flexibility index (Phi) is 3.69. The average Bonchev–Trinajstić information content (AvgIpc) is 3.14. The lowest BCUT2D eigenvalue weighted by molar-refractivity contribution is 0.827. The summed E-state index contributed by atoms with van der Waals surface area (Å²) < 4.78 is 1.44. The summed E-state index contributed by atoms with van der Waals surface area (Å²) in [6.45, 7) is 1.93. The van der Waals surface area contributed by atoms with Gasteiger partial charge >= 0.3 is 0 Å². The highest BCUT2D eigenvalue weighted by Gasteiger charge is 2.13. The van der Waals surface area contributed by atoms with Crippen LogP contribution in [0.5, 0.6) is 0 Å². The normalized spacial score (nSPS) is 11.2. The van der Waals surface area contributed by atoms with Crippen LogP contribution < -0.4 is 10.9 Å². The first-order valence-corrected chi connectivity index (χ1v) is 8.99. The molecule has 6 heteroatoms. The number of aromatic amines is 1. The first-order valence-electron chi connectivity index (χ1n) is 8.99. The molecule has 0 aliphatic heterocycles. The summed E-state index contributed by atoms with van der Waals surface area (Å²) >= 11 is 0. The van der Waals surface area contributed by atoms with Gasteiger partial charge in [0, 0.05) is 17.1 Å². The van der Waals surface area contributed by atoms with E-state index in [-0.39, 0.29) is 5.56 Å². The summed E-state index contributed by atoms with van der Waals surface area (Å²) in [5.74, 6) is 1.23. The van der Waals surface area contributed by atoms with Crippen molar-refractivity contribution in [2.75, 3.05) is 5.32 Å². The Balaban J connectivity index is 1.73. The summed E-state index contributed by atoms with van der Waals surface area (Å²) in [5.41, 5.74) is 1.50. The standard InChI is InChI=1S/C22H17N5O/c1-14-12-20(25-24-14)23-21-18-8-4-5-9-19(18)22(28)27(26-21)17-11-10-15-6-2-3-7-16(15)13-17/h2-13H,1H3,(H2,23,24,25,26). The van der Waals surface area contributed by atoms with Crippen LogP contribution in [0.1, 0.15) is 5.69 Å². The fourth-order valence-electron chi connectivity index (χ4n) is 3.37. The molecule has 0 aliphatic rings. The highest BCUT2D eigenvalue weighted by molar-refractivity contribution is 5.92. The monoisotopic (exact) mass is 367 g/mol. The molecule has 0 bridgehead atoms. The largest absolute Gasteiger partial charge is 0.321 e. The van der Waals surface area contributed by atoms with E-state index in [4.69, 9.17) is 0 Å². The number of anilines is 2. The average molecular weight is 367 g/mol. The zero-order valence-corrected chi connectivity index (χ0v) is 15.2. The zero-order chi connectivity index (χ0) is 19.1. The first kappa shape index (κ1) is 16.3. The fraction of sp³-hybridized carbons (Fsp3) is 0.0455. The Bertz CT molecular complexity index is 1380. The molecule has 0 unspecified atom stereocenters. The van der Waals surface area contributed by atoms with Crippen LogP contribution >= 0.6 is 0 Å². The summed E-state index contributed by atoms with van der Waals surface area (Å²) in [4.78, 5) is 13.1. The maximum absolute atomic E-state index is 13.1. The molecule has 0 fully saturated rings. The number of benzene rings is 3. The molecule has 2 aromatic heterocycles. The van der Waals surface area contributed by atoms with Crippen molar-refractivity contribution < 1.29 is 0 Å². The summed E-state index contributed by atoms with van der Waals surface area (Å²) in [5, 5.41) is 18.5. The van der Waals surface area contributed by atoms with Gasteiger partial charge in [0.1, 0.15) is 0 Å². The van der Waals surface area contributed by atoms with Gasteiger partial charge in [-0.15, -0.1) is 5.10 Å². The van der Waals surface area contributed by atoms with Crippen molar-refractivity contribution >= 4 is 33.2 Å². The van der Waals surface area contributed by atoms with Crippen molar-refractivity contribution in [3.8, 4) is 5.69 Å². The van der Waals surface area contributed by atoms with Crippen LogP contribution in [-0.4, -0.2) is 20.0 Å². The number of aromatic nitrogens is 4. The molecule has 2 N–H and O–H groups in total. The predicted molar refractivity (Wildman–Crippen MR) is 111 cm³/mol. The van der Waals surface area contributed by atoms with Gasteiger partial charge in [0.05, 0.1) is 11.1 Å². The van der Waals surface area contributed by atoms with Crippen LogP contribution in [0.4, 0.5) is 11.6 Å². The van der Waals surface area contributed by atoms with Crippen LogP contribution in [-0.2, 0) is 0 Å². The Morgan fingerprint density at radius 2 is 1.64 bits per heavy atom. The van der Waals surface area contributed by atoms with Gasteiger partial charge in [0.25, 0.3) is 5.56 Å². The van der Waals surface area contributed by atoms with Gasteiger partial charge in [-0.05, 0) is 35.9 Å². The van der Waals surface area contributed by atoms with Crippen molar-refractivity contribution in [2.24, 2.45) is 0 Å². The minimum absolute atomic E-state index is 0.158. The highest BCUT2D eigenvalue weighted by Crippen LogP contribution is 2.23. The van der Waals surface area contributed by atoms with Crippen LogP contribution in [0.25, 0.3) is 27.2 Å². The second kappa shape index (κ2) is 6.35. The molecule has 5 aromatic rings. The molecule has 2 heterocycles. The van der Waals surface area contributed by atoms with Gasteiger partial charge in [-0.25, -0.2) is 0 Å². The van der Waals surface area contributed by atoms with E-state index in [0.717, 1.165) is 27.5 Å². The van der Waals surface area contributed by atoms with E-state index in [9.17, 15) is 4.79 Å². The van der Waals surface area contributed by atoms with Gasteiger partial charge in [-0.3, -0.25) is 9.89 Å². The molecule has 3 aromatic carbocycles. The Hall–Kier alpha value is -3.93. The molecule has 6 nitrogen and oxygen atoms in total. The van der Waals surface area contributed by atoms with Gasteiger partial charge in [-0.1, -0.05) is 48.5 Å². The van der Waals surface area contributed by atoms with E-state index in [1.54, 1.807) is 0 Å². The SMILES string of the molecule is Cc1cc(Nc2nn(-c3ccc4ccccc4c3)c(=O)c3ccccc23)n[nH]1. The molecule has 0 saturated carbocycles. The maximum atomic E-state index is 13.1. The molecular weight excluding hydrogens is 350 g/mol. The van der Waals surface area contributed by atoms with Crippen molar-refractivity contribution in [1.29, 1.82) is 0 Å². The number of fused-ring (bicyclic) bond motifs is 2. The van der Waals surface area contributed by atoms with Crippen molar-refractivity contribution in [3.63, 3.8) is 0 Å². The third-order valence-electron chi connectivity index (χ3n) is 4.73. The maximum Gasteiger partial charge on any atom is 0.279 e. The number of rotatable bonds is 3. The second-order valence-corrected chi connectivity index (χ2v) is 6.70. The summed E-state index contributed by atoms with van der Waals surface area (Å²) in [6, 6.07) is 23.3. The smallest absolute Gasteiger partial charge is 0.279 e. The van der Waals surface area contributed by atoms with E-state index in [1.165, 1.54) is 4.68 Å². The lowest BCUT2D eigenvalue weighted by Gasteiger charge is -2.12. The molecular formula is C22H17N5O. The molecule has 0 atom stereocenters. The fourth-order valence-corrected chi connectivity index (χ4v) is 3.37. The third-order valence-corrected chi connectivity index (χ3v) is 4.73. The lowest BCUT2D eigenvalue weighted by Crippen LogP contribution is -2.22. The van der Waals surface area contributed by atoms with Gasteiger partial charge in [0.15, 0.2) is 11.6 Å². The third kappa shape index (κ3) is 2.72. The van der Waals surface area contributed by atoms with E-state index < -0.39 is 0 Å². The molecule has 28 heavy (non-hydrogen) atoms. The molecule has 0 amide bonds. The number of hydrogen-bond donors (Lipinski definition) is 2. The minimum atomic E-state index is -0.158. The molecule has 0 aliphatic carbocycles. The van der Waals surface area contributed by atoms with Gasteiger partial charge < -0.3 is 5.32 Å². The summed E-state index contributed by atoms with van der Waals surface area (Å²) in [7, 11) is 0. The number of nitrogens with one attached hydrogen (secondary N) is 2. The van der Waals surface area contributed by atoms with E-state index >= 15 is 0 Å². The first-order chi connectivity index (χ1) is 13.7. The van der Waals surface area contributed by atoms with Crippen LogP contribution in [0, 0.1) is 6.92 Å². The quantitative estimate of drug-likeness (QED) is 0.498. The van der Waals surface area contributed by atoms with Crippen LogP contribution in [0.3, 0.4) is 0 Å². The number of nitrogens with zero attached hydrogens (tertiary/aromatic N) is 3. The summed E-state index contributed by atoms with van der Waals surface area (Å²) in [6.07, 6.45) is 0. The van der Waals surface area contributed by atoms with Gasteiger partial charge in [0.2, 0.25) is 0 Å². The molecule has 0 radical (unpaired) electrons. The molecule has 5 rings (SSSR count). The molecule has 0 spiro atoms. The van der Waals surface area contributed by atoms with E-state index in [1.807, 2.05) is 79.7 Å². The van der Waals surface area contributed by atoms with E-state index in [0.29, 0.717) is 17.0 Å². The number of aryl methyl sites for hydroxylation is 1. The van der Waals surface area contributed by atoms with Crippen LogP contribution in [0.2, 0.25) is 0 Å². The number of H-pyrrole nitrogens is 1. The molecule has 0 saturated heterocycles. The van der Waals surface area contributed by atoms with Crippen molar-refractivity contribution in [2.45, 2.75) is 6.92 Å². The highest BCUT2D eigenvalue weighted by atomic mass is 16.1. The van der Waals surface area contributed by atoms with Crippen molar-refractivity contribution in [1.82, 2.24) is 20.0 Å². The lowest BCUT2D eigenvalue weighted by atomic mass is 10.1. The van der Waals surface area contributed by atoms with E-state index in [2.05, 4.69) is 20.6 Å². The number of hydrogen-bond acceptors (Lipinski definition) is 4. The molecule has 136 valence electrons. The van der Waals surface area contributed by atoms with Gasteiger partial charge in [-0.2, -0.15) is 9.78 Å². The zero-order valence-electron chi connectivity index (χ0n) is 15.2. The predicted octanol–water partition coefficient (Wildman–Crippen LogP) is 4.31. The second-order valence-electron chi connectivity index (χ2n) is 6.70. The topological polar surface area (TPSA) is 75.6 Å². The van der Waals surface area contributed by atoms with Crippen molar-refractivity contribution in [3.05, 3.63) is 88.8 Å².